The maximum atomic E-state index is 4.61. The van der Waals surface area contributed by atoms with E-state index in [1.54, 1.807) is 0 Å². The average molecular weight is 299 g/mol. The first-order valence-electron chi connectivity index (χ1n) is 7.29. The molecule has 0 aliphatic carbocycles. The molecule has 4 heteroatoms. The zero-order valence-corrected chi connectivity index (χ0v) is 13.8. The van der Waals surface area contributed by atoms with E-state index in [0.717, 1.165) is 12.1 Å². The van der Waals surface area contributed by atoms with Crippen LogP contribution < -0.4 is 10.6 Å². The van der Waals surface area contributed by atoms with Gasteiger partial charge in [-0.15, -0.1) is 11.3 Å². The highest BCUT2D eigenvalue weighted by atomic mass is 32.1. The highest BCUT2D eigenvalue weighted by molar-refractivity contribution is 7.19. The van der Waals surface area contributed by atoms with Gasteiger partial charge >= 0.3 is 0 Å². The number of likely N-dealkylation sites (N-methyl/N-ethyl adjacent to an activating group) is 1. The van der Waals surface area contributed by atoms with Crippen LogP contribution in [0.4, 0.5) is 5.69 Å². The second-order valence-corrected chi connectivity index (χ2v) is 6.88. The minimum Gasteiger partial charge on any atom is -0.382 e. The van der Waals surface area contributed by atoms with E-state index < -0.39 is 0 Å². The number of anilines is 1. The summed E-state index contributed by atoms with van der Waals surface area (Å²) in [7, 11) is 1.99. The Kier molecular flexibility index (Phi) is 3.83. The smallest absolute Gasteiger partial charge is 0.0712 e. The van der Waals surface area contributed by atoms with Crippen LogP contribution in [-0.2, 0) is 0 Å². The number of aromatic nitrogens is 1. The van der Waals surface area contributed by atoms with Crippen molar-refractivity contribution in [3.05, 3.63) is 34.8 Å². The fourth-order valence-electron chi connectivity index (χ4n) is 2.58. The predicted molar refractivity (Wildman–Crippen MR) is 93.6 cm³/mol. The van der Waals surface area contributed by atoms with Crippen LogP contribution >= 0.6 is 11.3 Å². The van der Waals surface area contributed by atoms with Crippen LogP contribution in [0.5, 0.6) is 0 Å². The maximum absolute atomic E-state index is 4.61. The lowest BCUT2D eigenvalue weighted by molar-refractivity contribution is 0.638. The van der Waals surface area contributed by atoms with E-state index >= 15 is 0 Å². The van der Waals surface area contributed by atoms with Gasteiger partial charge in [0.05, 0.1) is 15.9 Å². The summed E-state index contributed by atoms with van der Waals surface area (Å²) in [5.74, 6) is 0. The molecule has 2 heterocycles. The molecule has 0 spiro atoms. The lowest BCUT2D eigenvalue weighted by Gasteiger charge is -2.13. The third-order valence-corrected chi connectivity index (χ3v) is 4.97. The fourth-order valence-corrected chi connectivity index (χ4v) is 3.61. The van der Waals surface area contributed by atoms with Crippen molar-refractivity contribution >= 4 is 38.0 Å². The molecule has 3 nitrogen and oxygen atoms in total. The molecule has 2 N–H and O–H groups in total. The van der Waals surface area contributed by atoms with Crippen molar-refractivity contribution in [2.24, 2.45) is 0 Å². The second-order valence-electron chi connectivity index (χ2n) is 5.62. The Morgan fingerprint density at radius 3 is 2.86 bits per heavy atom. The Hall–Kier alpha value is -1.65. The highest BCUT2D eigenvalue weighted by Gasteiger charge is 2.13. The zero-order chi connectivity index (χ0) is 15.0. The fraction of sp³-hybridized carbons (Fsp3) is 0.353. The number of nitrogens with zero attached hydrogens (tertiary/aromatic N) is 1. The Bertz CT molecular complexity index is 791. The van der Waals surface area contributed by atoms with Crippen molar-refractivity contribution < 1.29 is 0 Å². The molecular formula is C17H21N3S. The van der Waals surface area contributed by atoms with Gasteiger partial charge in [0.25, 0.3) is 0 Å². The molecule has 3 aromatic rings. The van der Waals surface area contributed by atoms with Gasteiger partial charge in [-0.05, 0) is 39.4 Å². The number of benzene rings is 1. The third-order valence-electron chi connectivity index (χ3n) is 3.93. The van der Waals surface area contributed by atoms with Gasteiger partial charge in [0.15, 0.2) is 0 Å². The minimum atomic E-state index is 0.440. The molecule has 3 rings (SSSR count). The van der Waals surface area contributed by atoms with Crippen LogP contribution in [0.3, 0.4) is 0 Å². The molecule has 0 aliphatic heterocycles. The van der Waals surface area contributed by atoms with Gasteiger partial charge in [-0.1, -0.05) is 12.1 Å². The van der Waals surface area contributed by atoms with Gasteiger partial charge in [-0.25, -0.2) is 0 Å². The lowest BCUT2D eigenvalue weighted by atomic mass is 10.1. The molecule has 1 aromatic carbocycles. The molecule has 1 unspecified atom stereocenters. The Morgan fingerprint density at radius 2 is 2.10 bits per heavy atom. The van der Waals surface area contributed by atoms with Crippen LogP contribution in [0, 0.1) is 13.8 Å². The Morgan fingerprint density at radius 1 is 1.29 bits per heavy atom. The summed E-state index contributed by atoms with van der Waals surface area (Å²) in [6.45, 7) is 7.38. The first-order chi connectivity index (χ1) is 10.1. The second kappa shape index (κ2) is 5.62. The van der Waals surface area contributed by atoms with Crippen LogP contribution in [0.1, 0.15) is 17.4 Å². The molecule has 21 heavy (non-hydrogen) atoms. The molecule has 0 saturated heterocycles. The number of fused-ring (bicyclic) bond motifs is 3. The Labute approximate surface area is 129 Å². The maximum Gasteiger partial charge on any atom is 0.0712 e. The van der Waals surface area contributed by atoms with Gasteiger partial charge in [0.1, 0.15) is 0 Å². The van der Waals surface area contributed by atoms with E-state index in [4.69, 9.17) is 0 Å². The summed E-state index contributed by atoms with van der Waals surface area (Å²) < 4.78 is 1.25. The van der Waals surface area contributed by atoms with Crippen LogP contribution in [0.25, 0.3) is 21.0 Å². The van der Waals surface area contributed by atoms with Crippen molar-refractivity contribution in [3.63, 3.8) is 0 Å². The van der Waals surface area contributed by atoms with Crippen molar-refractivity contribution in [3.8, 4) is 0 Å². The van der Waals surface area contributed by atoms with E-state index in [1.807, 2.05) is 24.6 Å². The summed E-state index contributed by atoms with van der Waals surface area (Å²) in [5.41, 5.74) is 3.58. The van der Waals surface area contributed by atoms with Gasteiger partial charge < -0.3 is 10.6 Å². The monoisotopic (exact) mass is 299 g/mol. The molecule has 0 fully saturated rings. The number of aryl methyl sites for hydroxylation is 2. The van der Waals surface area contributed by atoms with Crippen molar-refractivity contribution in [1.82, 2.24) is 10.3 Å². The molecular weight excluding hydrogens is 278 g/mol. The molecule has 0 saturated carbocycles. The van der Waals surface area contributed by atoms with E-state index in [2.05, 4.69) is 54.6 Å². The first-order valence-corrected chi connectivity index (χ1v) is 8.11. The number of nitrogens with one attached hydrogen (secondary N) is 2. The molecule has 0 amide bonds. The van der Waals surface area contributed by atoms with Crippen LogP contribution in [0.15, 0.2) is 24.4 Å². The van der Waals surface area contributed by atoms with E-state index in [1.165, 1.54) is 31.6 Å². The SMILES string of the molecule is CNC(C)CNc1c(C)sc2cnc3cc(C)ccc3c12. The molecule has 0 aliphatic rings. The van der Waals surface area contributed by atoms with E-state index in [-0.39, 0.29) is 0 Å². The molecule has 2 aromatic heterocycles. The highest BCUT2D eigenvalue weighted by Crippen LogP contribution is 2.39. The molecule has 0 radical (unpaired) electrons. The molecule has 110 valence electrons. The van der Waals surface area contributed by atoms with Gasteiger partial charge in [-0.3, -0.25) is 4.98 Å². The number of rotatable bonds is 4. The summed E-state index contributed by atoms with van der Waals surface area (Å²) in [4.78, 5) is 5.93. The van der Waals surface area contributed by atoms with Gasteiger partial charge in [-0.2, -0.15) is 0 Å². The number of hydrogen-bond donors (Lipinski definition) is 2. The van der Waals surface area contributed by atoms with Gasteiger partial charge in [0.2, 0.25) is 0 Å². The van der Waals surface area contributed by atoms with Crippen molar-refractivity contribution in [2.75, 3.05) is 18.9 Å². The van der Waals surface area contributed by atoms with E-state index in [9.17, 15) is 0 Å². The molecule has 1 atom stereocenters. The predicted octanol–water partition coefficient (Wildman–Crippen LogP) is 4.09. The summed E-state index contributed by atoms with van der Waals surface area (Å²) in [5, 5.41) is 9.43. The number of hydrogen-bond acceptors (Lipinski definition) is 4. The summed E-state index contributed by atoms with van der Waals surface area (Å²) in [6, 6.07) is 6.95. The minimum absolute atomic E-state index is 0.440. The standard InChI is InChI=1S/C17H21N3S/c1-10-5-6-13-14(7-10)19-9-15-16(13)17(12(3)21-15)20-8-11(2)18-4/h5-7,9,11,18,20H,8H2,1-4H3. The Balaban J connectivity index is 2.16. The van der Waals surface area contributed by atoms with Crippen LogP contribution in [-0.4, -0.2) is 24.6 Å². The largest absolute Gasteiger partial charge is 0.382 e. The summed E-state index contributed by atoms with van der Waals surface area (Å²) >= 11 is 1.81. The molecule has 0 bridgehead atoms. The summed E-state index contributed by atoms with van der Waals surface area (Å²) in [6.07, 6.45) is 2.00. The van der Waals surface area contributed by atoms with Crippen LogP contribution in [0.2, 0.25) is 0 Å². The van der Waals surface area contributed by atoms with Crippen molar-refractivity contribution in [1.29, 1.82) is 0 Å². The number of thiophene rings is 1. The first kappa shape index (κ1) is 14.3. The quantitative estimate of drug-likeness (QED) is 0.762. The lowest BCUT2D eigenvalue weighted by Crippen LogP contribution is -2.29. The number of pyridine rings is 1. The zero-order valence-electron chi connectivity index (χ0n) is 12.9. The topological polar surface area (TPSA) is 37.0 Å². The van der Waals surface area contributed by atoms with Crippen molar-refractivity contribution in [2.45, 2.75) is 26.8 Å². The van der Waals surface area contributed by atoms with Gasteiger partial charge in [0, 0.05) is 34.4 Å². The average Bonchev–Trinajstić information content (AvgIpc) is 2.80. The third kappa shape index (κ3) is 2.61. The van der Waals surface area contributed by atoms with E-state index in [0.29, 0.717) is 6.04 Å². The normalized spacial score (nSPS) is 13.0.